The van der Waals surface area contributed by atoms with Gasteiger partial charge in [0.05, 0.1) is 28.5 Å². The lowest BCUT2D eigenvalue weighted by molar-refractivity contribution is 0.863. The number of hydrogen-bond donors (Lipinski definition) is 1. The van der Waals surface area contributed by atoms with Crippen molar-refractivity contribution in [2.75, 3.05) is 5.43 Å². The Morgan fingerprint density at radius 1 is 1.15 bits per heavy atom. The van der Waals surface area contributed by atoms with Crippen LogP contribution in [-0.2, 0) is 0 Å². The highest BCUT2D eigenvalue weighted by atomic mass is 35.5. The number of halogens is 1. The van der Waals surface area contributed by atoms with E-state index < -0.39 is 0 Å². The summed E-state index contributed by atoms with van der Waals surface area (Å²) >= 11 is 8.18. The number of benzene rings is 1. The number of hydrogen-bond acceptors (Lipinski definition) is 6. The maximum atomic E-state index is 6.53. The number of nitrogens with zero attached hydrogens (tertiary/aromatic N) is 5. The fourth-order valence-electron chi connectivity index (χ4n) is 2.82. The van der Waals surface area contributed by atoms with Crippen LogP contribution in [0.25, 0.3) is 15.9 Å². The Morgan fingerprint density at radius 2 is 1.93 bits per heavy atom. The lowest BCUT2D eigenvalue weighted by atomic mass is 10.2. The molecule has 0 bridgehead atoms. The maximum Gasteiger partial charge on any atom is 0.158 e. The highest BCUT2D eigenvalue weighted by Gasteiger charge is 2.14. The molecule has 0 saturated carbocycles. The van der Waals surface area contributed by atoms with E-state index in [0.717, 1.165) is 27.2 Å². The van der Waals surface area contributed by atoms with Gasteiger partial charge in [-0.1, -0.05) is 29.8 Å². The van der Waals surface area contributed by atoms with Gasteiger partial charge in [0.1, 0.15) is 16.3 Å². The smallest absolute Gasteiger partial charge is 0.158 e. The Hall–Kier alpha value is -2.77. The first-order valence-electron chi connectivity index (χ1n) is 8.36. The summed E-state index contributed by atoms with van der Waals surface area (Å²) < 4.78 is 1.70. The molecule has 4 rings (SSSR count). The number of hydrazone groups is 1. The summed E-state index contributed by atoms with van der Waals surface area (Å²) in [6.45, 7) is 6.05. The van der Waals surface area contributed by atoms with Crippen molar-refractivity contribution in [3.05, 3.63) is 63.5 Å². The standard InChI is InChI=1S/C19H17ClN6S/c1-11-13(3)27-19-16(11)18(21-10-22-19)24-23-9-15-12(2)25-26(17(15)20)14-7-5-4-6-8-14/h4-10H,1-3H3,(H,21,22,24)/b23-9-. The normalized spacial score (nSPS) is 11.6. The molecule has 27 heavy (non-hydrogen) atoms. The van der Waals surface area contributed by atoms with Gasteiger partial charge in [0.25, 0.3) is 0 Å². The molecule has 0 spiro atoms. The van der Waals surface area contributed by atoms with Crippen LogP contribution in [0, 0.1) is 20.8 Å². The van der Waals surface area contributed by atoms with E-state index in [-0.39, 0.29) is 0 Å². The summed E-state index contributed by atoms with van der Waals surface area (Å²) in [5.41, 5.74) is 6.65. The lowest BCUT2D eigenvalue weighted by Crippen LogP contribution is -1.97. The third-order valence-electron chi connectivity index (χ3n) is 4.38. The van der Waals surface area contributed by atoms with Gasteiger partial charge in [0.2, 0.25) is 0 Å². The summed E-state index contributed by atoms with van der Waals surface area (Å²) in [6.07, 6.45) is 3.22. The molecular weight excluding hydrogens is 380 g/mol. The highest BCUT2D eigenvalue weighted by molar-refractivity contribution is 7.18. The number of aromatic nitrogens is 4. The zero-order valence-electron chi connectivity index (χ0n) is 15.1. The van der Waals surface area contributed by atoms with Gasteiger partial charge in [-0.2, -0.15) is 10.2 Å². The number of para-hydroxylation sites is 1. The summed E-state index contributed by atoms with van der Waals surface area (Å²) in [6, 6.07) is 9.76. The average molecular weight is 397 g/mol. The molecule has 8 heteroatoms. The Kier molecular flexibility index (Phi) is 4.63. The molecule has 0 unspecified atom stereocenters. The third-order valence-corrected chi connectivity index (χ3v) is 5.86. The van der Waals surface area contributed by atoms with Crippen LogP contribution in [-0.4, -0.2) is 26.0 Å². The van der Waals surface area contributed by atoms with Crippen LogP contribution < -0.4 is 5.43 Å². The molecule has 6 nitrogen and oxygen atoms in total. The Labute approximate surface area is 165 Å². The zero-order valence-corrected chi connectivity index (χ0v) is 16.6. The molecule has 1 N–H and O–H groups in total. The molecule has 3 aromatic heterocycles. The van der Waals surface area contributed by atoms with Gasteiger partial charge >= 0.3 is 0 Å². The van der Waals surface area contributed by atoms with Crippen molar-refractivity contribution in [1.29, 1.82) is 0 Å². The van der Waals surface area contributed by atoms with Gasteiger partial charge in [-0.25, -0.2) is 14.6 Å². The van der Waals surface area contributed by atoms with Crippen molar-refractivity contribution in [2.45, 2.75) is 20.8 Å². The maximum absolute atomic E-state index is 6.53. The topological polar surface area (TPSA) is 68.0 Å². The molecule has 0 fully saturated rings. The van der Waals surface area contributed by atoms with Crippen LogP contribution in [0.1, 0.15) is 21.7 Å². The molecule has 0 saturated heterocycles. The van der Waals surface area contributed by atoms with Crippen molar-refractivity contribution in [3.63, 3.8) is 0 Å². The zero-order chi connectivity index (χ0) is 19.0. The molecule has 136 valence electrons. The fraction of sp³-hybridized carbons (Fsp3) is 0.158. The van der Waals surface area contributed by atoms with E-state index in [1.165, 1.54) is 10.4 Å². The second kappa shape index (κ2) is 7.09. The Morgan fingerprint density at radius 3 is 2.70 bits per heavy atom. The minimum Gasteiger partial charge on any atom is -0.261 e. The molecule has 0 amide bonds. The molecule has 0 aliphatic rings. The van der Waals surface area contributed by atoms with E-state index in [1.54, 1.807) is 28.6 Å². The molecule has 0 aliphatic carbocycles. The van der Waals surface area contributed by atoms with Crippen LogP contribution in [0.15, 0.2) is 41.8 Å². The SMILES string of the molecule is Cc1nn(-c2ccccc2)c(Cl)c1/C=N\Nc1ncnc2sc(C)c(C)c12. The highest BCUT2D eigenvalue weighted by Crippen LogP contribution is 2.32. The monoisotopic (exact) mass is 396 g/mol. The van der Waals surface area contributed by atoms with E-state index in [9.17, 15) is 0 Å². The third kappa shape index (κ3) is 3.20. The predicted octanol–water partition coefficient (Wildman–Crippen LogP) is 4.90. The van der Waals surface area contributed by atoms with Gasteiger partial charge in [-0.15, -0.1) is 11.3 Å². The second-order valence-electron chi connectivity index (χ2n) is 6.09. The first kappa shape index (κ1) is 17.6. The van der Waals surface area contributed by atoms with Gasteiger partial charge in [-0.3, -0.25) is 5.43 Å². The van der Waals surface area contributed by atoms with Crippen LogP contribution in [0.2, 0.25) is 5.15 Å². The fourth-order valence-corrected chi connectivity index (χ4v) is 4.14. The van der Waals surface area contributed by atoms with E-state index in [1.807, 2.05) is 37.3 Å². The minimum atomic E-state index is 0.514. The molecule has 3 heterocycles. The number of thiophene rings is 1. The number of rotatable bonds is 4. The number of anilines is 1. The van der Waals surface area contributed by atoms with Gasteiger partial charge in [0.15, 0.2) is 5.82 Å². The molecule has 0 atom stereocenters. The van der Waals surface area contributed by atoms with Crippen LogP contribution in [0.4, 0.5) is 5.82 Å². The first-order valence-corrected chi connectivity index (χ1v) is 9.56. The van der Waals surface area contributed by atoms with Crippen molar-refractivity contribution in [2.24, 2.45) is 5.10 Å². The van der Waals surface area contributed by atoms with E-state index in [0.29, 0.717) is 11.0 Å². The molecule has 0 aliphatic heterocycles. The molecule has 4 aromatic rings. The molecule has 1 aromatic carbocycles. The van der Waals surface area contributed by atoms with Gasteiger partial charge < -0.3 is 0 Å². The molecular formula is C19H17ClN6S. The number of aryl methyl sites for hydroxylation is 3. The molecule has 0 radical (unpaired) electrons. The number of nitrogens with one attached hydrogen (secondary N) is 1. The van der Waals surface area contributed by atoms with Crippen LogP contribution in [0.3, 0.4) is 0 Å². The summed E-state index contributed by atoms with van der Waals surface area (Å²) in [5.74, 6) is 0.683. The van der Waals surface area contributed by atoms with Crippen molar-refractivity contribution in [3.8, 4) is 5.69 Å². The lowest BCUT2D eigenvalue weighted by Gasteiger charge is -2.02. The van der Waals surface area contributed by atoms with Gasteiger partial charge in [-0.05, 0) is 38.5 Å². The number of fused-ring (bicyclic) bond motifs is 1. The predicted molar refractivity (Wildman–Crippen MR) is 111 cm³/mol. The second-order valence-corrected chi connectivity index (χ2v) is 7.65. The average Bonchev–Trinajstić information content (AvgIpc) is 3.13. The van der Waals surface area contributed by atoms with E-state index in [4.69, 9.17) is 11.6 Å². The summed E-state index contributed by atoms with van der Waals surface area (Å²) in [5, 5.41) is 10.4. The van der Waals surface area contributed by atoms with Gasteiger partial charge in [0, 0.05) is 4.88 Å². The quantitative estimate of drug-likeness (QED) is 0.393. The van der Waals surface area contributed by atoms with E-state index >= 15 is 0 Å². The Balaban J connectivity index is 1.64. The van der Waals surface area contributed by atoms with Crippen LogP contribution >= 0.6 is 22.9 Å². The first-order chi connectivity index (χ1) is 13.1. The summed E-state index contributed by atoms with van der Waals surface area (Å²) in [4.78, 5) is 10.8. The minimum absolute atomic E-state index is 0.514. The van der Waals surface area contributed by atoms with Crippen LogP contribution in [0.5, 0.6) is 0 Å². The van der Waals surface area contributed by atoms with Crippen molar-refractivity contribution in [1.82, 2.24) is 19.7 Å². The Bertz CT molecular complexity index is 1150. The van der Waals surface area contributed by atoms with Crippen molar-refractivity contribution >= 4 is 45.2 Å². The summed E-state index contributed by atoms with van der Waals surface area (Å²) in [7, 11) is 0. The van der Waals surface area contributed by atoms with Crippen molar-refractivity contribution < 1.29 is 0 Å². The largest absolute Gasteiger partial charge is 0.261 e. The van der Waals surface area contributed by atoms with E-state index in [2.05, 4.69) is 39.4 Å².